The fourth-order valence-corrected chi connectivity index (χ4v) is 2.22. The molecule has 0 amide bonds. The van der Waals surface area contributed by atoms with Gasteiger partial charge in [0.1, 0.15) is 5.75 Å². The third-order valence-electron chi connectivity index (χ3n) is 3.10. The minimum absolute atomic E-state index is 0.407. The molecule has 110 valence electrons. The number of hydrogen-bond donors (Lipinski definition) is 0. The Morgan fingerprint density at radius 1 is 1.19 bits per heavy atom. The Kier molecular flexibility index (Phi) is 5.23. The van der Waals surface area contributed by atoms with Crippen molar-refractivity contribution < 1.29 is 14.3 Å². The molecule has 0 saturated carbocycles. The van der Waals surface area contributed by atoms with Crippen molar-refractivity contribution in [3.8, 4) is 5.75 Å². The summed E-state index contributed by atoms with van der Waals surface area (Å²) < 4.78 is 10.4. The van der Waals surface area contributed by atoms with Gasteiger partial charge >= 0.3 is 5.97 Å². The Morgan fingerprint density at radius 3 is 2.57 bits per heavy atom. The van der Waals surface area contributed by atoms with E-state index in [1.165, 1.54) is 7.11 Å². The van der Waals surface area contributed by atoms with Crippen LogP contribution in [0.2, 0.25) is 5.02 Å². The number of carbonyl (C=O) groups is 1. The van der Waals surface area contributed by atoms with Crippen LogP contribution in [-0.4, -0.2) is 19.2 Å². The second-order valence-electron chi connectivity index (χ2n) is 4.70. The summed E-state index contributed by atoms with van der Waals surface area (Å²) in [7, 11) is 1.34. The van der Waals surface area contributed by atoms with Crippen LogP contribution >= 0.6 is 11.6 Å². The van der Waals surface area contributed by atoms with E-state index in [4.69, 9.17) is 16.3 Å². The summed E-state index contributed by atoms with van der Waals surface area (Å²) in [5.41, 5.74) is 2.08. The second-order valence-corrected chi connectivity index (χ2v) is 5.13. The molecule has 0 saturated heterocycles. The highest BCUT2D eigenvalue weighted by Crippen LogP contribution is 2.26. The fraction of sp³-hybridized carbons (Fsp3) is 0.235. The van der Waals surface area contributed by atoms with E-state index in [2.05, 4.69) is 4.74 Å². The smallest absolute Gasteiger partial charge is 0.346 e. The van der Waals surface area contributed by atoms with Gasteiger partial charge in [0.15, 0.2) is 6.10 Å². The van der Waals surface area contributed by atoms with Crippen molar-refractivity contribution in [2.45, 2.75) is 19.4 Å². The maximum absolute atomic E-state index is 11.5. The van der Waals surface area contributed by atoms with Crippen molar-refractivity contribution in [2.24, 2.45) is 0 Å². The molecule has 4 heteroatoms. The van der Waals surface area contributed by atoms with Crippen molar-refractivity contribution in [3.63, 3.8) is 0 Å². The Balaban J connectivity index is 2.23. The number of rotatable bonds is 5. The number of ether oxygens (including phenoxy) is 2. The van der Waals surface area contributed by atoms with Crippen LogP contribution < -0.4 is 4.74 Å². The van der Waals surface area contributed by atoms with Crippen molar-refractivity contribution in [1.29, 1.82) is 0 Å². The zero-order chi connectivity index (χ0) is 15.2. The normalized spacial score (nSPS) is 11.8. The Bertz CT molecular complexity index is 611. The lowest BCUT2D eigenvalue weighted by molar-refractivity contribution is -0.147. The predicted molar refractivity (Wildman–Crippen MR) is 82.8 cm³/mol. The van der Waals surface area contributed by atoms with Crippen LogP contribution in [0, 0.1) is 0 Å². The van der Waals surface area contributed by atoms with Crippen LogP contribution in [0.1, 0.15) is 18.1 Å². The molecular weight excluding hydrogens is 288 g/mol. The number of benzene rings is 2. The van der Waals surface area contributed by atoms with Gasteiger partial charge in [0, 0.05) is 17.0 Å². The molecule has 0 N–H and O–H groups in total. The first-order valence-electron chi connectivity index (χ1n) is 6.67. The molecule has 0 aliphatic carbocycles. The van der Waals surface area contributed by atoms with E-state index >= 15 is 0 Å². The molecule has 3 nitrogen and oxygen atoms in total. The van der Waals surface area contributed by atoms with Crippen LogP contribution in [0.25, 0.3) is 0 Å². The van der Waals surface area contributed by atoms with E-state index in [0.29, 0.717) is 17.2 Å². The number of esters is 1. The first-order chi connectivity index (χ1) is 10.1. The van der Waals surface area contributed by atoms with Gasteiger partial charge in [-0.1, -0.05) is 41.9 Å². The molecule has 0 spiro atoms. The molecule has 0 aromatic heterocycles. The van der Waals surface area contributed by atoms with E-state index in [1.54, 1.807) is 19.1 Å². The first-order valence-corrected chi connectivity index (χ1v) is 7.05. The monoisotopic (exact) mass is 304 g/mol. The van der Waals surface area contributed by atoms with Gasteiger partial charge in [-0.3, -0.25) is 0 Å². The standard InChI is InChI=1S/C17H17ClO3/c1-12(17(19)20-2)21-16-9-8-15(18)11-14(16)10-13-6-4-3-5-7-13/h3-9,11-12H,10H2,1-2H3/t12-/m1/s1. The molecule has 0 fully saturated rings. The number of halogens is 1. The van der Waals surface area contributed by atoms with Crippen molar-refractivity contribution in [3.05, 3.63) is 64.7 Å². The highest BCUT2D eigenvalue weighted by Gasteiger charge is 2.17. The van der Waals surface area contributed by atoms with E-state index in [1.807, 2.05) is 36.4 Å². The maximum atomic E-state index is 11.5. The molecule has 0 bridgehead atoms. The minimum atomic E-state index is -0.661. The van der Waals surface area contributed by atoms with Crippen molar-refractivity contribution in [1.82, 2.24) is 0 Å². The van der Waals surface area contributed by atoms with Gasteiger partial charge < -0.3 is 9.47 Å². The summed E-state index contributed by atoms with van der Waals surface area (Å²) in [4.78, 5) is 11.5. The Hall–Kier alpha value is -2.00. The quantitative estimate of drug-likeness (QED) is 0.787. The number of hydrogen-bond acceptors (Lipinski definition) is 3. The summed E-state index contributed by atoms with van der Waals surface area (Å²) in [6.45, 7) is 1.66. The van der Waals surface area contributed by atoms with E-state index < -0.39 is 12.1 Å². The molecule has 0 radical (unpaired) electrons. The van der Waals surface area contributed by atoms with Crippen LogP contribution in [0.3, 0.4) is 0 Å². The second kappa shape index (κ2) is 7.14. The van der Waals surface area contributed by atoms with Gasteiger partial charge in [0.05, 0.1) is 7.11 Å². The Morgan fingerprint density at radius 2 is 1.90 bits per heavy atom. The third-order valence-corrected chi connectivity index (χ3v) is 3.33. The van der Waals surface area contributed by atoms with Gasteiger partial charge in [-0.05, 0) is 30.7 Å². The topological polar surface area (TPSA) is 35.5 Å². The van der Waals surface area contributed by atoms with E-state index in [-0.39, 0.29) is 0 Å². The summed E-state index contributed by atoms with van der Waals surface area (Å²) in [5.74, 6) is 0.233. The van der Waals surface area contributed by atoms with E-state index in [0.717, 1.165) is 11.1 Å². The average molecular weight is 305 g/mol. The lowest BCUT2D eigenvalue weighted by Crippen LogP contribution is -2.25. The molecule has 2 aromatic rings. The van der Waals surface area contributed by atoms with Gasteiger partial charge in [-0.15, -0.1) is 0 Å². The highest BCUT2D eigenvalue weighted by molar-refractivity contribution is 6.30. The molecular formula is C17H17ClO3. The molecule has 1 atom stereocenters. The molecule has 0 unspecified atom stereocenters. The fourth-order valence-electron chi connectivity index (χ4n) is 2.02. The van der Waals surface area contributed by atoms with Crippen LogP contribution in [-0.2, 0) is 16.0 Å². The SMILES string of the molecule is COC(=O)[C@@H](C)Oc1ccc(Cl)cc1Cc1ccccc1. The van der Waals surface area contributed by atoms with E-state index in [9.17, 15) is 4.79 Å². The molecule has 2 aromatic carbocycles. The summed E-state index contributed by atoms with van der Waals surface area (Å²) >= 11 is 6.06. The predicted octanol–water partition coefficient (Wildman–Crippen LogP) is 3.87. The van der Waals surface area contributed by atoms with Crippen LogP contribution in [0.4, 0.5) is 0 Å². The maximum Gasteiger partial charge on any atom is 0.346 e. The van der Waals surface area contributed by atoms with Gasteiger partial charge in [-0.2, -0.15) is 0 Å². The lowest BCUT2D eigenvalue weighted by Gasteiger charge is -2.16. The van der Waals surface area contributed by atoms with Crippen LogP contribution in [0.15, 0.2) is 48.5 Å². The highest BCUT2D eigenvalue weighted by atomic mass is 35.5. The van der Waals surface area contributed by atoms with Gasteiger partial charge in [-0.25, -0.2) is 4.79 Å². The lowest BCUT2D eigenvalue weighted by atomic mass is 10.0. The first kappa shape index (κ1) is 15.4. The summed E-state index contributed by atoms with van der Waals surface area (Å²) in [5, 5.41) is 0.638. The summed E-state index contributed by atoms with van der Waals surface area (Å²) in [6.07, 6.45) is 0.0238. The van der Waals surface area contributed by atoms with Gasteiger partial charge in [0.2, 0.25) is 0 Å². The largest absolute Gasteiger partial charge is 0.479 e. The molecule has 2 rings (SSSR count). The molecule has 21 heavy (non-hydrogen) atoms. The number of carbonyl (C=O) groups excluding carboxylic acids is 1. The zero-order valence-electron chi connectivity index (χ0n) is 12.0. The van der Waals surface area contributed by atoms with Crippen molar-refractivity contribution in [2.75, 3.05) is 7.11 Å². The average Bonchev–Trinajstić information content (AvgIpc) is 2.50. The molecule has 0 heterocycles. The Labute approximate surface area is 129 Å². The summed E-state index contributed by atoms with van der Waals surface area (Å²) in [6, 6.07) is 15.4. The van der Waals surface area contributed by atoms with Crippen molar-refractivity contribution >= 4 is 17.6 Å². The molecule has 0 aliphatic rings. The van der Waals surface area contributed by atoms with Crippen LogP contribution in [0.5, 0.6) is 5.75 Å². The number of methoxy groups -OCH3 is 1. The zero-order valence-corrected chi connectivity index (χ0v) is 12.8. The minimum Gasteiger partial charge on any atom is -0.479 e. The third kappa shape index (κ3) is 4.23. The molecule has 0 aliphatic heterocycles. The van der Waals surface area contributed by atoms with Gasteiger partial charge in [0.25, 0.3) is 0 Å².